The van der Waals surface area contributed by atoms with Gasteiger partial charge in [0.15, 0.2) is 0 Å². The maximum Gasteiger partial charge on any atom is 0.242 e. The Hall–Kier alpha value is -1.52. The van der Waals surface area contributed by atoms with Crippen molar-refractivity contribution in [2.24, 2.45) is 5.92 Å². The molecule has 3 aliphatic rings. The highest BCUT2D eigenvalue weighted by atomic mass is 35.5. The van der Waals surface area contributed by atoms with Crippen molar-refractivity contribution in [2.75, 3.05) is 63.1 Å². The second-order valence-electron chi connectivity index (χ2n) is 12.7. The van der Waals surface area contributed by atoms with Crippen LogP contribution in [0.1, 0.15) is 84.0 Å². The molecule has 1 atom stereocenters. The number of ether oxygens (including phenoxy) is 1. The van der Waals surface area contributed by atoms with Gasteiger partial charge in [-0.25, -0.2) is 0 Å². The summed E-state index contributed by atoms with van der Waals surface area (Å²) in [6.45, 7) is 9.14. The molecule has 0 spiro atoms. The van der Waals surface area contributed by atoms with Crippen molar-refractivity contribution in [3.05, 3.63) is 28.2 Å². The number of imide groups is 1. The molecule has 0 radical (unpaired) electrons. The molecule has 1 aromatic rings. The van der Waals surface area contributed by atoms with Crippen molar-refractivity contribution >= 4 is 58.4 Å². The van der Waals surface area contributed by atoms with Crippen molar-refractivity contribution in [2.45, 2.75) is 95.3 Å². The van der Waals surface area contributed by atoms with E-state index in [4.69, 9.17) is 27.9 Å². The highest BCUT2D eigenvalue weighted by Crippen LogP contribution is 2.33. The van der Waals surface area contributed by atoms with E-state index in [9.17, 15) is 14.4 Å². The van der Waals surface area contributed by atoms with Crippen LogP contribution < -0.4 is 10.2 Å². The molecule has 11 heteroatoms. The molecule has 1 unspecified atom stereocenters. The standard InChI is InChI=1S/C34H52Cl2N4O4S/c1-2-22-44-23-7-24-45-30-25-32(42)40(34(30)43)16-5-3-4-10-31(41)37-27-13-11-26(12-14-27)15-17-38-18-20-39(21-19-38)29-9-6-8-28(35)33(29)36/h6,8-9,26-27,30H,2-5,7,10-25H2,1H3,(H,37,41). The van der Waals surface area contributed by atoms with E-state index in [1.807, 2.05) is 18.2 Å². The lowest BCUT2D eigenvalue weighted by Gasteiger charge is -2.37. The number of amides is 3. The Morgan fingerprint density at radius 3 is 2.51 bits per heavy atom. The van der Waals surface area contributed by atoms with Crippen LogP contribution in [0.3, 0.4) is 0 Å². The molecule has 2 aliphatic heterocycles. The molecule has 3 fully saturated rings. The normalized spacial score (nSPS) is 22.8. The summed E-state index contributed by atoms with van der Waals surface area (Å²) in [7, 11) is 0. The Bertz CT molecular complexity index is 1100. The van der Waals surface area contributed by atoms with Crippen LogP contribution in [0.2, 0.25) is 10.0 Å². The number of anilines is 1. The van der Waals surface area contributed by atoms with Gasteiger partial charge in [0.05, 0.1) is 21.0 Å². The molecule has 252 valence electrons. The largest absolute Gasteiger partial charge is 0.381 e. The van der Waals surface area contributed by atoms with Crippen LogP contribution >= 0.6 is 35.0 Å². The Labute approximate surface area is 284 Å². The second kappa shape index (κ2) is 19.3. The monoisotopic (exact) mass is 682 g/mol. The van der Waals surface area contributed by atoms with Crippen LogP contribution in [-0.4, -0.2) is 97.0 Å². The minimum absolute atomic E-state index is 0.0467. The second-order valence-corrected chi connectivity index (χ2v) is 14.8. The molecule has 0 aromatic heterocycles. The molecule has 4 rings (SSSR count). The van der Waals surface area contributed by atoms with Gasteiger partial charge >= 0.3 is 0 Å². The van der Waals surface area contributed by atoms with Gasteiger partial charge in [0.2, 0.25) is 17.7 Å². The fraction of sp³-hybridized carbons (Fsp3) is 0.735. The summed E-state index contributed by atoms with van der Waals surface area (Å²) in [6, 6.07) is 6.12. The van der Waals surface area contributed by atoms with Crippen LogP contribution in [0.25, 0.3) is 0 Å². The highest BCUT2D eigenvalue weighted by Gasteiger charge is 2.38. The number of hydrogen-bond acceptors (Lipinski definition) is 7. The molecule has 2 saturated heterocycles. The summed E-state index contributed by atoms with van der Waals surface area (Å²) in [5.41, 5.74) is 1.03. The topological polar surface area (TPSA) is 82.2 Å². The Kier molecular flexibility index (Phi) is 15.6. The summed E-state index contributed by atoms with van der Waals surface area (Å²) in [5, 5.41) is 4.26. The van der Waals surface area contributed by atoms with E-state index in [0.29, 0.717) is 36.0 Å². The zero-order chi connectivity index (χ0) is 32.0. The van der Waals surface area contributed by atoms with Crippen molar-refractivity contribution in [1.29, 1.82) is 0 Å². The van der Waals surface area contributed by atoms with E-state index >= 15 is 0 Å². The number of rotatable bonds is 18. The Morgan fingerprint density at radius 2 is 1.76 bits per heavy atom. The molecular formula is C34H52Cl2N4O4S. The van der Waals surface area contributed by atoms with Crippen LogP contribution in [0, 0.1) is 5.92 Å². The van der Waals surface area contributed by atoms with E-state index in [2.05, 4.69) is 22.0 Å². The third-order valence-electron chi connectivity index (χ3n) is 9.30. The van der Waals surface area contributed by atoms with Gasteiger partial charge < -0.3 is 15.0 Å². The fourth-order valence-corrected chi connectivity index (χ4v) is 8.11. The number of unbranched alkanes of at least 4 members (excludes halogenated alkanes) is 2. The summed E-state index contributed by atoms with van der Waals surface area (Å²) >= 11 is 14.2. The van der Waals surface area contributed by atoms with E-state index in [0.717, 1.165) is 102 Å². The minimum atomic E-state index is -0.249. The number of likely N-dealkylation sites (tertiary alicyclic amines) is 1. The van der Waals surface area contributed by atoms with Gasteiger partial charge in [-0.05, 0) is 88.1 Å². The first kappa shape index (κ1) is 36.3. The number of carbonyl (C=O) groups is 3. The Morgan fingerprint density at radius 1 is 0.978 bits per heavy atom. The number of thioether (sulfide) groups is 1. The van der Waals surface area contributed by atoms with E-state index in [-0.39, 0.29) is 29.0 Å². The van der Waals surface area contributed by atoms with Gasteiger partial charge in [-0.1, -0.05) is 42.6 Å². The molecular weight excluding hydrogens is 631 g/mol. The van der Waals surface area contributed by atoms with E-state index in [1.54, 1.807) is 11.8 Å². The van der Waals surface area contributed by atoms with Crippen molar-refractivity contribution in [3.63, 3.8) is 0 Å². The first-order chi connectivity index (χ1) is 21.9. The van der Waals surface area contributed by atoms with Gasteiger partial charge in [0, 0.05) is 64.8 Å². The molecule has 0 bridgehead atoms. The summed E-state index contributed by atoms with van der Waals surface area (Å²) in [4.78, 5) is 44.0. The molecule has 1 saturated carbocycles. The fourth-order valence-electron chi connectivity index (χ4n) is 6.59. The van der Waals surface area contributed by atoms with Gasteiger partial charge in [-0.15, -0.1) is 11.8 Å². The number of carbonyl (C=O) groups excluding carboxylic acids is 3. The van der Waals surface area contributed by atoms with Crippen LogP contribution in [-0.2, 0) is 19.1 Å². The average Bonchev–Trinajstić information content (AvgIpc) is 3.31. The van der Waals surface area contributed by atoms with Gasteiger partial charge in [0.25, 0.3) is 0 Å². The van der Waals surface area contributed by atoms with Gasteiger partial charge in [0.1, 0.15) is 0 Å². The van der Waals surface area contributed by atoms with Crippen LogP contribution in [0.15, 0.2) is 18.2 Å². The first-order valence-corrected chi connectivity index (χ1v) is 18.9. The van der Waals surface area contributed by atoms with E-state index < -0.39 is 0 Å². The van der Waals surface area contributed by atoms with Crippen LogP contribution in [0.5, 0.6) is 0 Å². The average molecular weight is 684 g/mol. The highest BCUT2D eigenvalue weighted by molar-refractivity contribution is 8.00. The van der Waals surface area contributed by atoms with Crippen molar-refractivity contribution in [3.8, 4) is 0 Å². The summed E-state index contributed by atoms with van der Waals surface area (Å²) < 4.78 is 5.49. The SMILES string of the molecule is CCCOCCCSC1CC(=O)N(CCCCCC(=O)NC2CCC(CCN3CCN(c4cccc(Cl)c4Cl)CC3)CC2)C1=O. The number of piperazine rings is 1. The summed E-state index contributed by atoms with van der Waals surface area (Å²) in [5.74, 6) is 1.58. The lowest BCUT2D eigenvalue weighted by Crippen LogP contribution is -2.47. The molecule has 2 heterocycles. The number of benzene rings is 1. The molecule has 1 N–H and O–H groups in total. The van der Waals surface area contributed by atoms with Crippen molar-refractivity contribution < 1.29 is 19.1 Å². The third kappa shape index (κ3) is 11.6. The number of nitrogens with zero attached hydrogens (tertiary/aromatic N) is 3. The zero-order valence-electron chi connectivity index (χ0n) is 27.0. The maximum absolute atomic E-state index is 12.7. The quantitative estimate of drug-likeness (QED) is 0.141. The number of nitrogens with one attached hydrogen (secondary N) is 1. The van der Waals surface area contributed by atoms with Gasteiger partial charge in [-0.3, -0.25) is 24.2 Å². The molecule has 45 heavy (non-hydrogen) atoms. The third-order valence-corrected chi connectivity index (χ3v) is 11.4. The Balaban J connectivity index is 1.01. The lowest BCUT2D eigenvalue weighted by molar-refractivity contribution is -0.138. The predicted octanol–water partition coefficient (Wildman–Crippen LogP) is 6.42. The molecule has 8 nitrogen and oxygen atoms in total. The molecule has 1 aromatic carbocycles. The lowest BCUT2D eigenvalue weighted by atomic mass is 9.84. The van der Waals surface area contributed by atoms with Crippen LogP contribution in [0.4, 0.5) is 5.69 Å². The van der Waals surface area contributed by atoms with Gasteiger partial charge in [-0.2, -0.15) is 0 Å². The predicted molar refractivity (Wildman–Crippen MR) is 185 cm³/mol. The zero-order valence-corrected chi connectivity index (χ0v) is 29.3. The maximum atomic E-state index is 12.7. The first-order valence-electron chi connectivity index (χ1n) is 17.1. The minimum Gasteiger partial charge on any atom is -0.381 e. The number of hydrogen-bond donors (Lipinski definition) is 1. The van der Waals surface area contributed by atoms with Crippen molar-refractivity contribution in [1.82, 2.24) is 15.1 Å². The molecule has 1 aliphatic carbocycles. The smallest absolute Gasteiger partial charge is 0.242 e. The molecule has 3 amide bonds. The number of halogens is 2. The summed E-state index contributed by atoms with van der Waals surface area (Å²) in [6.07, 6.45) is 10.8. The van der Waals surface area contributed by atoms with E-state index in [1.165, 1.54) is 24.2 Å².